The van der Waals surface area contributed by atoms with Crippen molar-refractivity contribution in [2.24, 2.45) is 0 Å². The fraction of sp³-hybridized carbons (Fsp3) is 0. The van der Waals surface area contributed by atoms with Gasteiger partial charge in [0.15, 0.2) is 0 Å². The molecule has 0 saturated carbocycles. The van der Waals surface area contributed by atoms with Gasteiger partial charge in [-0.1, -0.05) is 18.2 Å². The molecule has 2 aromatic heterocycles. The minimum atomic E-state index is -0.434. The van der Waals surface area contributed by atoms with Crippen LogP contribution in [0.1, 0.15) is 10.4 Å². The first-order valence-electron chi connectivity index (χ1n) is 7.29. The van der Waals surface area contributed by atoms with Crippen LogP contribution in [0.2, 0.25) is 0 Å². The average Bonchev–Trinajstić information content (AvgIpc) is 3.21. The highest BCUT2D eigenvalue weighted by Crippen LogP contribution is 2.29. The molecule has 4 aromatic rings. The SMILES string of the molecule is O=C(Nc1cc(-c2nc3ccccc3[nH]2)cs1)c1cccc(F)c1. The van der Waals surface area contributed by atoms with E-state index in [9.17, 15) is 9.18 Å². The van der Waals surface area contributed by atoms with Crippen LogP contribution in [0, 0.1) is 5.82 Å². The van der Waals surface area contributed by atoms with Gasteiger partial charge >= 0.3 is 0 Å². The van der Waals surface area contributed by atoms with Crippen molar-refractivity contribution in [3.05, 3.63) is 71.4 Å². The molecule has 0 atom stereocenters. The summed E-state index contributed by atoms with van der Waals surface area (Å²) in [6.07, 6.45) is 0. The Bertz CT molecular complexity index is 1000. The molecule has 0 radical (unpaired) electrons. The Morgan fingerprint density at radius 1 is 1.12 bits per heavy atom. The normalized spacial score (nSPS) is 10.9. The molecule has 0 aliphatic heterocycles. The fourth-order valence-corrected chi connectivity index (χ4v) is 3.21. The molecule has 4 nitrogen and oxygen atoms in total. The van der Waals surface area contributed by atoms with E-state index in [0.717, 1.165) is 22.4 Å². The van der Waals surface area contributed by atoms with E-state index >= 15 is 0 Å². The van der Waals surface area contributed by atoms with Crippen molar-refractivity contribution in [1.29, 1.82) is 0 Å². The summed E-state index contributed by atoms with van der Waals surface area (Å²) in [4.78, 5) is 19.9. The molecular weight excluding hydrogens is 325 g/mol. The number of anilines is 1. The Hall–Kier alpha value is -2.99. The molecule has 118 valence electrons. The molecule has 6 heteroatoms. The number of hydrogen-bond acceptors (Lipinski definition) is 3. The van der Waals surface area contributed by atoms with Crippen molar-refractivity contribution in [2.75, 3.05) is 5.32 Å². The van der Waals surface area contributed by atoms with E-state index in [2.05, 4.69) is 15.3 Å². The van der Waals surface area contributed by atoms with Crippen LogP contribution in [0.5, 0.6) is 0 Å². The molecule has 4 rings (SSSR count). The molecular formula is C18H12FN3OS. The topological polar surface area (TPSA) is 57.8 Å². The number of nitrogens with one attached hydrogen (secondary N) is 2. The standard InChI is InChI=1S/C18H12FN3OS/c19-13-5-3-4-11(8-13)18(23)22-16-9-12(10-24-16)17-20-14-6-1-2-7-15(14)21-17/h1-10H,(H,20,21)(H,22,23). The molecule has 2 heterocycles. The second-order valence-corrected chi connectivity index (χ2v) is 6.18. The van der Waals surface area contributed by atoms with Crippen LogP contribution in [0.25, 0.3) is 22.4 Å². The number of thiophene rings is 1. The molecule has 1 amide bonds. The third kappa shape index (κ3) is 2.79. The monoisotopic (exact) mass is 337 g/mol. The molecule has 0 fully saturated rings. The van der Waals surface area contributed by atoms with Crippen LogP contribution in [0.4, 0.5) is 9.39 Å². The maximum atomic E-state index is 13.2. The molecule has 0 saturated heterocycles. The van der Waals surface area contributed by atoms with Crippen LogP contribution in [-0.4, -0.2) is 15.9 Å². The van der Waals surface area contributed by atoms with Gasteiger partial charge < -0.3 is 10.3 Å². The van der Waals surface area contributed by atoms with Gasteiger partial charge in [-0.25, -0.2) is 9.37 Å². The Morgan fingerprint density at radius 3 is 2.83 bits per heavy atom. The van der Waals surface area contributed by atoms with Gasteiger partial charge in [-0.3, -0.25) is 4.79 Å². The van der Waals surface area contributed by atoms with Crippen LogP contribution in [0.15, 0.2) is 60.0 Å². The number of hydrogen-bond donors (Lipinski definition) is 2. The summed E-state index contributed by atoms with van der Waals surface area (Å²) in [5, 5.41) is 5.38. The number of aromatic amines is 1. The molecule has 0 aliphatic carbocycles. The summed E-state index contributed by atoms with van der Waals surface area (Å²) in [7, 11) is 0. The van der Waals surface area contributed by atoms with E-state index in [4.69, 9.17) is 0 Å². The number of rotatable bonds is 3. The molecule has 2 aromatic carbocycles. The highest BCUT2D eigenvalue weighted by atomic mass is 32.1. The summed E-state index contributed by atoms with van der Waals surface area (Å²) in [5.41, 5.74) is 3.03. The van der Waals surface area contributed by atoms with Crippen molar-refractivity contribution in [3.8, 4) is 11.4 Å². The lowest BCUT2D eigenvalue weighted by atomic mass is 10.2. The van der Waals surface area contributed by atoms with Crippen LogP contribution in [0.3, 0.4) is 0 Å². The molecule has 2 N–H and O–H groups in total. The molecule has 0 spiro atoms. The van der Waals surface area contributed by atoms with E-state index in [1.165, 1.54) is 29.5 Å². The van der Waals surface area contributed by atoms with Crippen LogP contribution in [-0.2, 0) is 0 Å². The first-order chi connectivity index (χ1) is 11.7. The Balaban J connectivity index is 1.57. The minimum absolute atomic E-state index is 0.286. The summed E-state index contributed by atoms with van der Waals surface area (Å²) in [5.74, 6) is -0.0250. The van der Waals surface area contributed by atoms with Gasteiger partial charge in [-0.05, 0) is 36.4 Å². The lowest BCUT2D eigenvalue weighted by Gasteiger charge is -2.02. The van der Waals surface area contributed by atoms with E-state index in [1.54, 1.807) is 6.07 Å². The van der Waals surface area contributed by atoms with E-state index in [0.29, 0.717) is 5.00 Å². The average molecular weight is 337 g/mol. The summed E-state index contributed by atoms with van der Waals surface area (Å²) in [6, 6.07) is 15.2. The van der Waals surface area contributed by atoms with Crippen molar-refractivity contribution in [3.63, 3.8) is 0 Å². The third-order valence-corrected chi connectivity index (χ3v) is 4.43. The van der Waals surface area contributed by atoms with Gasteiger partial charge in [0.25, 0.3) is 5.91 Å². The van der Waals surface area contributed by atoms with Crippen molar-refractivity contribution >= 4 is 33.3 Å². The molecule has 0 aliphatic rings. The summed E-state index contributed by atoms with van der Waals surface area (Å²) in [6.45, 7) is 0. The Morgan fingerprint density at radius 2 is 2.00 bits per heavy atom. The number of aromatic nitrogens is 2. The van der Waals surface area contributed by atoms with E-state index < -0.39 is 5.82 Å². The van der Waals surface area contributed by atoms with Gasteiger partial charge in [0, 0.05) is 16.5 Å². The summed E-state index contributed by atoms with van der Waals surface area (Å²) < 4.78 is 13.2. The zero-order chi connectivity index (χ0) is 16.5. The molecule has 24 heavy (non-hydrogen) atoms. The predicted octanol–water partition coefficient (Wildman–Crippen LogP) is 4.68. The number of carbonyl (C=O) groups excluding carboxylic acids is 1. The second-order valence-electron chi connectivity index (χ2n) is 5.27. The Kier molecular flexibility index (Phi) is 3.59. The third-order valence-electron chi connectivity index (χ3n) is 3.59. The first-order valence-corrected chi connectivity index (χ1v) is 8.17. The number of halogens is 1. The van der Waals surface area contributed by atoms with Crippen molar-refractivity contribution in [1.82, 2.24) is 9.97 Å². The maximum absolute atomic E-state index is 13.2. The second kappa shape index (κ2) is 5.90. The van der Waals surface area contributed by atoms with Gasteiger partial charge in [0.2, 0.25) is 0 Å². The first kappa shape index (κ1) is 14.6. The van der Waals surface area contributed by atoms with Gasteiger partial charge in [0.1, 0.15) is 11.6 Å². The number of imidazole rings is 1. The largest absolute Gasteiger partial charge is 0.338 e. The number of nitrogens with zero attached hydrogens (tertiary/aromatic N) is 1. The van der Waals surface area contributed by atoms with Gasteiger partial charge in [-0.15, -0.1) is 11.3 Å². The van der Waals surface area contributed by atoms with Crippen molar-refractivity contribution < 1.29 is 9.18 Å². The maximum Gasteiger partial charge on any atom is 0.256 e. The quantitative estimate of drug-likeness (QED) is 0.570. The highest BCUT2D eigenvalue weighted by Gasteiger charge is 2.11. The molecule has 0 unspecified atom stereocenters. The zero-order valence-electron chi connectivity index (χ0n) is 12.4. The highest BCUT2D eigenvalue weighted by molar-refractivity contribution is 7.14. The summed E-state index contributed by atoms with van der Waals surface area (Å²) >= 11 is 1.40. The minimum Gasteiger partial charge on any atom is -0.338 e. The number of amides is 1. The number of fused-ring (bicyclic) bond motifs is 1. The zero-order valence-corrected chi connectivity index (χ0v) is 13.2. The van der Waals surface area contributed by atoms with E-state index in [-0.39, 0.29) is 11.5 Å². The van der Waals surface area contributed by atoms with Gasteiger partial charge in [0.05, 0.1) is 16.0 Å². The van der Waals surface area contributed by atoms with Crippen LogP contribution >= 0.6 is 11.3 Å². The Labute approximate surface area is 141 Å². The number of benzene rings is 2. The predicted molar refractivity (Wildman–Crippen MR) is 93.8 cm³/mol. The van der Waals surface area contributed by atoms with Gasteiger partial charge in [-0.2, -0.15) is 0 Å². The number of H-pyrrole nitrogens is 1. The van der Waals surface area contributed by atoms with Crippen molar-refractivity contribution in [2.45, 2.75) is 0 Å². The van der Waals surface area contributed by atoms with E-state index in [1.807, 2.05) is 35.7 Å². The molecule has 0 bridgehead atoms. The number of carbonyl (C=O) groups is 1. The number of para-hydroxylation sites is 2. The lowest BCUT2D eigenvalue weighted by Crippen LogP contribution is -2.10. The lowest BCUT2D eigenvalue weighted by molar-refractivity contribution is 0.102. The van der Waals surface area contributed by atoms with Crippen LogP contribution < -0.4 is 5.32 Å². The fourth-order valence-electron chi connectivity index (χ4n) is 2.43. The smallest absolute Gasteiger partial charge is 0.256 e.